The summed E-state index contributed by atoms with van der Waals surface area (Å²) in [5.41, 5.74) is 6.43. The second kappa shape index (κ2) is 12.3. The second-order valence-corrected chi connectivity index (χ2v) is 10.00. The molecule has 2 aromatic carbocycles. The normalized spacial score (nSPS) is 16.7. The minimum Gasteiger partial charge on any atom is -0.339 e. The van der Waals surface area contributed by atoms with Gasteiger partial charge in [0.2, 0.25) is 0 Å². The topological polar surface area (TPSA) is 49.4 Å². The highest BCUT2D eigenvalue weighted by Crippen LogP contribution is 2.33. The van der Waals surface area contributed by atoms with Gasteiger partial charge in [-0.25, -0.2) is 0 Å². The van der Waals surface area contributed by atoms with Gasteiger partial charge in [0.25, 0.3) is 5.91 Å². The van der Waals surface area contributed by atoms with Crippen molar-refractivity contribution >= 4 is 17.3 Å². The number of Topliss-reactive ketones (excluding diaryl/α,β-unsaturated/α-hetero) is 1. The Labute approximate surface area is 210 Å². The van der Waals surface area contributed by atoms with Crippen LogP contribution in [0.4, 0.5) is 0 Å². The van der Waals surface area contributed by atoms with E-state index in [9.17, 15) is 9.59 Å². The van der Waals surface area contributed by atoms with E-state index in [1.165, 1.54) is 43.3 Å². The standard InChI is InChI=1S/C31H40N2O2/c1-3-33(4-2)31(35)26-15-13-24(14-16-26)30(25-17-19-32-20-18-25)28-12-8-11-27(22-28)29(34)21-23-9-6-5-7-10-23/h8,11-16,22-23,32H,3-7,9-10,17-21H2,1-2H3. The van der Waals surface area contributed by atoms with E-state index < -0.39 is 0 Å². The van der Waals surface area contributed by atoms with Crippen LogP contribution in [-0.4, -0.2) is 42.8 Å². The van der Waals surface area contributed by atoms with Gasteiger partial charge in [-0.05, 0) is 80.6 Å². The molecule has 1 aliphatic carbocycles. The van der Waals surface area contributed by atoms with E-state index in [4.69, 9.17) is 0 Å². The van der Waals surface area contributed by atoms with Crippen LogP contribution in [0.5, 0.6) is 0 Å². The fraction of sp³-hybridized carbons (Fsp3) is 0.484. The van der Waals surface area contributed by atoms with Gasteiger partial charge in [-0.1, -0.05) is 68.0 Å². The van der Waals surface area contributed by atoms with Crippen LogP contribution < -0.4 is 5.32 Å². The summed E-state index contributed by atoms with van der Waals surface area (Å²) in [5.74, 6) is 0.888. The molecule has 0 aromatic heterocycles. The van der Waals surface area contributed by atoms with Crippen LogP contribution >= 0.6 is 0 Å². The maximum Gasteiger partial charge on any atom is 0.253 e. The van der Waals surface area contributed by atoms with Crippen LogP contribution in [0.3, 0.4) is 0 Å². The summed E-state index contributed by atoms with van der Waals surface area (Å²) >= 11 is 0. The molecule has 4 rings (SSSR count). The molecule has 4 heteroatoms. The Morgan fingerprint density at radius 3 is 2.11 bits per heavy atom. The maximum atomic E-state index is 13.2. The van der Waals surface area contributed by atoms with Gasteiger partial charge in [-0.2, -0.15) is 0 Å². The van der Waals surface area contributed by atoms with Gasteiger partial charge in [0.15, 0.2) is 5.78 Å². The van der Waals surface area contributed by atoms with E-state index in [0.29, 0.717) is 25.4 Å². The zero-order valence-electron chi connectivity index (χ0n) is 21.4. The summed E-state index contributed by atoms with van der Waals surface area (Å²) in [7, 11) is 0. The Kier molecular flexibility index (Phi) is 8.92. The largest absolute Gasteiger partial charge is 0.339 e. The number of benzene rings is 2. The smallest absolute Gasteiger partial charge is 0.253 e. The van der Waals surface area contributed by atoms with Crippen LogP contribution in [0.1, 0.15) is 97.1 Å². The van der Waals surface area contributed by atoms with E-state index in [2.05, 4.69) is 29.6 Å². The zero-order chi connectivity index (χ0) is 24.6. The van der Waals surface area contributed by atoms with E-state index in [1.807, 2.05) is 43.0 Å². The summed E-state index contributed by atoms with van der Waals surface area (Å²) in [5, 5.41) is 3.46. The minimum atomic E-state index is 0.0768. The Morgan fingerprint density at radius 1 is 0.829 bits per heavy atom. The van der Waals surface area contributed by atoms with Crippen LogP contribution in [0, 0.1) is 5.92 Å². The van der Waals surface area contributed by atoms with Crippen molar-refractivity contribution in [3.8, 4) is 0 Å². The van der Waals surface area contributed by atoms with Crippen LogP contribution in [-0.2, 0) is 0 Å². The first-order valence-electron chi connectivity index (χ1n) is 13.6. The number of nitrogens with one attached hydrogen (secondary N) is 1. The number of nitrogens with zero attached hydrogens (tertiary/aromatic N) is 1. The van der Waals surface area contributed by atoms with Crippen molar-refractivity contribution in [2.24, 2.45) is 5.92 Å². The van der Waals surface area contributed by atoms with Gasteiger partial charge in [-0.3, -0.25) is 9.59 Å². The van der Waals surface area contributed by atoms with E-state index in [-0.39, 0.29) is 11.7 Å². The Hall–Kier alpha value is -2.72. The van der Waals surface area contributed by atoms with Crippen molar-refractivity contribution in [3.63, 3.8) is 0 Å². The average molecular weight is 473 g/mol. The molecule has 0 spiro atoms. The van der Waals surface area contributed by atoms with Crippen molar-refractivity contribution in [2.75, 3.05) is 26.2 Å². The zero-order valence-corrected chi connectivity index (χ0v) is 21.4. The first kappa shape index (κ1) is 25.4. The predicted octanol–water partition coefficient (Wildman–Crippen LogP) is 6.51. The summed E-state index contributed by atoms with van der Waals surface area (Å²) in [6, 6.07) is 16.3. The van der Waals surface area contributed by atoms with Gasteiger partial charge in [-0.15, -0.1) is 0 Å². The van der Waals surface area contributed by atoms with E-state index >= 15 is 0 Å². The SMILES string of the molecule is CCN(CC)C(=O)c1ccc(C(=C2CCNCC2)c2cccc(C(=O)CC3CCCCC3)c2)cc1. The Balaban J connectivity index is 1.64. The monoisotopic (exact) mass is 472 g/mol. The first-order valence-corrected chi connectivity index (χ1v) is 13.6. The Bertz CT molecular complexity index is 1040. The molecule has 2 aromatic rings. The lowest BCUT2D eigenvalue weighted by Crippen LogP contribution is -2.30. The average Bonchev–Trinajstić information content (AvgIpc) is 2.91. The van der Waals surface area contributed by atoms with E-state index in [1.54, 1.807) is 0 Å². The number of carbonyl (C=O) groups excluding carboxylic acids is 2. The molecule has 186 valence electrons. The highest BCUT2D eigenvalue weighted by atomic mass is 16.2. The molecule has 0 radical (unpaired) electrons. The molecular weight excluding hydrogens is 432 g/mol. The van der Waals surface area contributed by atoms with Crippen molar-refractivity contribution < 1.29 is 9.59 Å². The van der Waals surface area contributed by atoms with Crippen LogP contribution in [0.2, 0.25) is 0 Å². The molecule has 35 heavy (non-hydrogen) atoms. The van der Waals surface area contributed by atoms with Crippen molar-refractivity contribution in [3.05, 3.63) is 76.4 Å². The highest BCUT2D eigenvalue weighted by Gasteiger charge is 2.20. The number of hydrogen-bond acceptors (Lipinski definition) is 3. The van der Waals surface area contributed by atoms with Crippen molar-refractivity contribution in [1.29, 1.82) is 0 Å². The lowest BCUT2D eigenvalue weighted by molar-refractivity contribution is 0.0772. The third kappa shape index (κ3) is 6.29. The number of amides is 1. The molecule has 1 amide bonds. The molecule has 1 heterocycles. The molecule has 1 saturated heterocycles. The summed E-state index contributed by atoms with van der Waals surface area (Å²) in [4.78, 5) is 27.8. The summed E-state index contributed by atoms with van der Waals surface area (Å²) < 4.78 is 0. The highest BCUT2D eigenvalue weighted by molar-refractivity contribution is 5.98. The second-order valence-electron chi connectivity index (χ2n) is 10.00. The van der Waals surface area contributed by atoms with Crippen molar-refractivity contribution in [2.45, 2.75) is 65.2 Å². The molecular formula is C31H40N2O2. The molecule has 1 aliphatic heterocycles. The summed E-state index contributed by atoms with van der Waals surface area (Å²) in [6.07, 6.45) is 8.86. The fourth-order valence-electron chi connectivity index (χ4n) is 5.65. The van der Waals surface area contributed by atoms with Gasteiger partial charge in [0, 0.05) is 30.6 Å². The minimum absolute atomic E-state index is 0.0768. The first-order chi connectivity index (χ1) is 17.1. The molecule has 0 bridgehead atoms. The number of hydrogen-bond donors (Lipinski definition) is 1. The molecule has 4 nitrogen and oxygen atoms in total. The van der Waals surface area contributed by atoms with Gasteiger partial charge in [0.1, 0.15) is 0 Å². The number of piperidine rings is 1. The lowest BCUT2D eigenvalue weighted by Gasteiger charge is -2.23. The predicted molar refractivity (Wildman–Crippen MR) is 144 cm³/mol. The number of carbonyl (C=O) groups is 2. The lowest BCUT2D eigenvalue weighted by atomic mass is 9.84. The molecule has 1 saturated carbocycles. The quantitative estimate of drug-likeness (QED) is 0.446. The van der Waals surface area contributed by atoms with Gasteiger partial charge >= 0.3 is 0 Å². The van der Waals surface area contributed by atoms with E-state index in [0.717, 1.165) is 48.2 Å². The van der Waals surface area contributed by atoms with Crippen LogP contribution in [0.25, 0.3) is 5.57 Å². The van der Waals surface area contributed by atoms with Gasteiger partial charge in [0.05, 0.1) is 0 Å². The number of rotatable bonds is 8. The third-order valence-corrected chi connectivity index (χ3v) is 7.70. The number of ketones is 1. The molecule has 1 N–H and O–H groups in total. The summed E-state index contributed by atoms with van der Waals surface area (Å²) in [6.45, 7) is 7.38. The third-order valence-electron chi connectivity index (χ3n) is 7.70. The Morgan fingerprint density at radius 2 is 1.46 bits per heavy atom. The molecule has 2 fully saturated rings. The van der Waals surface area contributed by atoms with Crippen LogP contribution in [0.15, 0.2) is 54.1 Å². The fourth-order valence-corrected chi connectivity index (χ4v) is 5.65. The molecule has 0 unspecified atom stereocenters. The van der Waals surface area contributed by atoms with Gasteiger partial charge < -0.3 is 10.2 Å². The maximum absolute atomic E-state index is 13.2. The van der Waals surface area contributed by atoms with Crippen molar-refractivity contribution in [1.82, 2.24) is 10.2 Å². The molecule has 2 aliphatic rings. The molecule has 0 atom stereocenters.